The first-order valence-corrected chi connectivity index (χ1v) is 7.29. The molecule has 0 aliphatic carbocycles. The molecule has 4 nitrogen and oxygen atoms in total. The second-order valence-corrected chi connectivity index (χ2v) is 6.03. The quantitative estimate of drug-likeness (QED) is 0.831. The van der Waals surface area contributed by atoms with Crippen molar-refractivity contribution >= 4 is 0 Å². The van der Waals surface area contributed by atoms with E-state index in [2.05, 4.69) is 0 Å². The normalized spacial score (nSPS) is 42.5. The summed E-state index contributed by atoms with van der Waals surface area (Å²) in [5.74, 6) is 0.352. The van der Waals surface area contributed by atoms with Gasteiger partial charge in [-0.15, -0.1) is 0 Å². The van der Waals surface area contributed by atoms with E-state index in [0.717, 1.165) is 58.3 Å². The lowest BCUT2D eigenvalue weighted by Crippen LogP contribution is -2.44. The van der Waals surface area contributed by atoms with Crippen molar-refractivity contribution in [2.75, 3.05) is 26.4 Å². The topological polar surface area (TPSA) is 47.9 Å². The Morgan fingerprint density at radius 2 is 2.17 bits per heavy atom. The zero-order chi connectivity index (χ0) is 12.4. The van der Waals surface area contributed by atoms with E-state index >= 15 is 0 Å². The van der Waals surface area contributed by atoms with Gasteiger partial charge in [0.05, 0.1) is 24.4 Å². The first-order valence-electron chi connectivity index (χ1n) is 7.29. The van der Waals surface area contributed by atoms with E-state index in [-0.39, 0.29) is 17.8 Å². The number of ether oxygens (including phenoxy) is 3. The number of rotatable bonds is 3. The lowest BCUT2D eigenvalue weighted by atomic mass is 9.80. The highest BCUT2D eigenvalue weighted by Crippen LogP contribution is 2.38. The van der Waals surface area contributed by atoms with Crippen molar-refractivity contribution < 1.29 is 19.3 Å². The molecule has 3 rings (SSSR count). The van der Waals surface area contributed by atoms with Crippen LogP contribution in [0.25, 0.3) is 0 Å². The van der Waals surface area contributed by atoms with E-state index < -0.39 is 0 Å². The van der Waals surface area contributed by atoms with Crippen LogP contribution in [-0.4, -0.2) is 49.3 Å². The summed E-state index contributed by atoms with van der Waals surface area (Å²) in [6, 6.07) is 0. The third-order valence-corrected chi connectivity index (χ3v) is 4.67. The van der Waals surface area contributed by atoms with Gasteiger partial charge in [-0.05, 0) is 38.0 Å². The maximum absolute atomic E-state index is 10.4. The highest BCUT2D eigenvalue weighted by Gasteiger charge is 2.43. The van der Waals surface area contributed by atoms with Gasteiger partial charge in [-0.3, -0.25) is 0 Å². The van der Waals surface area contributed by atoms with E-state index in [1.54, 1.807) is 0 Å². The van der Waals surface area contributed by atoms with Crippen molar-refractivity contribution in [3.8, 4) is 0 Å². The van der Waals surface area contributed by atoms with E-state index in [1.165, 1.54) is 0 Å². The predicted octanol–water partition coefficient (Wildman–Crippen LogP) is 1.50. The summed E-state index contributed by atoms with van der Waals surface area (Å²) in [6.07, 6.45) is 5.97. The average Bonchev–Trinajstić information content (AvgIpc) is 3.02. The molecule has 3 aliphatic rings. The van der Waals surface area contributed by atoms with Crippen molar-refractivity contribution in [3.05, 3.63) is 0 Å². The fraction of sp³-hybridized carbons (Fsp3) is 1.00. The monoisotopic (exact) mass is 256 g/mol. The molecule has 0 aromatic rings. The fourth-order valence-corrected chi connectivity index (χ4v) is 3.55. The van der Waals surface area contributed by atoms with Gasteiger partial charge in [0.25, 0.3) is 0 Å². The molecule has 0 bridgehead atoms. The third kappa shape index (κ3) is 2.72. The lowest BCUT2D eigenvalue weighted by molar-refractivity contribution is -0.120. The SMILES string of the molecule is OC(CC1CCCO1)C1CCOC2(CCOC2)C1. The molecule has 0 radical (unpaired) electrons. The van der Waals surface area contributed by atoms with Gasteiger partial charge in [0, 0.05) is 26.2 Å². The largest absolute Gasteiger partial charge is 0.393 e. The maximum Gasteiger partial charge on any atom is 0.0940 e. The first-order chi connectivity index (χ1) is 8.77. The average molecular weight is 256 g/mol. The highest BCUT2D eigenvalue weighted by molar-refractivity contribution is 4.92. The summed E-state index contributed by atoms with van der Waals surface area (Å²) in [5, 5.41) is 10.4. The Labute approximate surface area is 109 Å². The van der Waals surface area contributed by atoms with Gasteiger partial charge in [-0.1, -0.05) is 0 Å². The second kappa shape index (κ2) is 5.45. The maximum atomic E-state index is 10.4. The Kier molecular flexibility index (Phi) is 3.89. The van der Waals surface area contributed by atoms with Crippen molar-refractivity contribution in [2.24, 2.45) is 5.92 Å². The summed E-state index contributed by atoms with van der Waals surface area (Å²) < 4.78 is 17.0. The number of aliphatic hydroxyl groups excluding tert-OH is 1. The molecule has 4 heteroatoms. The Balaban J connectivity index is 1.54. The molecule has 104 valence electrons. The van der Waals surface area contributed by atoms with Crippen LogP contribution in [0.2, 0.25) is 0 Å². The molecular formula is C14H24O4. The van der Waals surface area contributed by atoms with Gasteiger partial charge in [-0.2, -0.15) is 0 Å². The van der Waals surface area contributed by atoms with Crippen molar-refractivity contribution in [2.45, 2.75) is 56.3 Å². The molecule has 18 heavy (non-hydrogen) atoms. The molecule has 1 spiro atoms. The van der Waals surface area contributed by atoms with Crippen LogP contribution in [0.4, 0.5) is 0 Å². The second-order valence-electron chi connectivity index (χ2n) is 6.03. The van der Waals surface area contributed by atoms with Crippen LogP contribution >= 0.6 is 0 Å². The lowest BCUT2D eigenvalue weighted by Gasteiger charge is -2.39. The van der Waals surface area contributed by atoms with Crippen molar-refractivity contribution in [3.63, 3.8) is 0 Å². The van der Waals surface area contributed by atoms with Crippen LogP contribution in [0.3, 0.4) is 0 Å². The van der Waals surface area contributed by atoms with Gasteiger partial charge in [0.2, 0.25) is 0 Å². The molecule has 4 atom stereocenters. The van der Waals surface area contributed by atoms with E-state index in [9.17, 15) is 5.11 Å². The standard InChI is InChI=1S/C14H24O4/c15-13(8-12-2-1-5-17-12)11-3-6-18-14(9-11)4-7-16-10-14/h11-13,15H,1-10H2. The smallest absolute Gasteiger partial charge is 0.0940 e. The number of hydrogen-bond donors (Lipinski definition) is 1. The zero-order valence-electron chi connectivity index (χ0n) is 11.0. The van der Waals surface area contributed by atoms with Gasteiger partial charge in [-0.25, -0.2) is 0 Å². The van der Waals surface area contributed by atoms with Crippen LogP contribution in [0.5, 0.6) is 0 Å². The summed E-state index contributed by atoms with van der Waals surface area (Å²) in [7, 11) is 0. The molecule has 3 aliphatic heterocycles. The zero-order valence-corrected chi connectivity index (χ0v) is 11.0. The number of aliphatic hydroxyl groups is 1. The molecule has 1 N–H and O–H groups in total. The Morgan fingerprint density at radius 3 is 2.89 bits per heavy atom. The fourth-order valence-electron chi connectivity index (χ4n) is 3.55. The van der Waals surface area contributed by atoms with Gasteiger partial charge >= 0.3 is 0 Å². The minimum Gasteiger partial charge on any atom is -0.393 e. The van der Waals surface area contributed by atoms with Gasteiger partial charge in [0.15, 0.2) is 0 Å². The summed E-state index contributed by atoms with van der Waals surface area (Å²) >= 11 is 0. The molecule has 3 saturated heterocycles. The Morgan fingerprint density at radius 1 is 1.22 bits per heavy atom. The highest BCUT2D eigenvalue weighted by atomic mass is 16.6. The van der Waals surface area contributed by atoms with Crippen LogP contribution in [-0.2, 0) is 14.2 Å². The molecule has 4 unspecified atom stereocenters. The van der Waals surface area contributed by atoms with Crippen LogP contribution in [0, 0.1) is 5.92 Å². The molecule has 0 amide bonds. The molecule has 3 heterocycles. The van der Waals surface area contributed by atoms with Crippen molar-refractivity contribution in [1.82, 2.24) is 0 Å². The molecule has 0 saturated carbocycles. The van der Waals surface area contributed by atoms with Crippen LogP contribution in [0.1, 0.15) is 38.5 Å². The molecule has 3 fully saturated rings. The van der Waals surface area contributed by atoms with Crippen LogP contribution < -0.4 is 0 Å². The Bertz CT molecular complexity index is 269. The predicted molar refractivity (Wildman–Crippen MR) is 66.4 cm³/mol. The molecule has 0 aromatic heterocycles. The minimum absolute atomic E-state index is 0.0968. The Hall–Kier alpha value is -0.160. The molecule has 0 aromatic carbocycles. The minimum atomic E-state index is -0.241. The number of hydrogen-bond acceptors (Lipinski definition) is 4. The first kappa shape index (κ1) is 12.9. The third-order valence-electron chi connectivity index (χ3n) is 4.67. The van der Waals surface area contributed by atoms with E-state index in [1.807, 2.05) is 0 Å². The van der Waals surface area contributed by atoms with Crippen LogP contribution in [0.15, 0.2) is 0 Å². The summed E-state index contributed by atoms with van der Waals surface area (Å²) in [6.45, 7) is 3.13. The summed E-state index contributed by atoms with van der Waals surface area (Å²) in [4.78, 5) is 0. The van der Waals surface area contributed by atoms with Gasteiger partial charge < -0.3 is 19.3 Å². The molecular weight excluding hydrogens is 232 g/mol. The van der Waals surface area contributed by atoms with Gasteiger partial charge in [0.1, 0.15) is 0 Å². The van der Waals surface area contributed by atoms with E-state index in [0.29, 0.717) is 12.5 Å². The van der Waals surface area contributed by atoms with Crippen molar-refractivity contribution in [1.29, 1.82) is 0 Å². The van der Waals surface area contributed by atoms with E-state index in [4.69, 9.17) is 14.2 Å². The summed E-state index contributed by atoms with van der Waals surface area (Å²) in [5.41, 5.74) is -0.0968.